The summed E-state index contributed by atoms with van der Waals surface area (Å²) >= 11 is 0. The molecule has 0 aliphatic heterocycles. The first-order valence-corrected chi connectivity index (χ1v) is 5.34. The maximum absolute atomic E-state index is 11.4. The molecule has 0 aromatic carbocycles. The maximum Gasteiger partial charge on any atom is 0.326 e. The molecule has 0 saturated carbocycles. The third kappa shape index (κ3) is 7.29. The largest absolute Gasteiger partial charge is 0.481 e. The van der Waals surface area contributed by atoms with Gasteiger partial charge in [-0.2, -0.15) is 0 Å². The Morgan fingerprint density at radius 1 is 1.18 bits per heavy atom. The van der Waals surface area contributed by atoms with Gasteiger partial charge in [-0.15, -0.1) is 0 Å². The number of rotatable bonds is 8. The molecule has 0 aliphatic carbocycles. The van der Waals surface area contributed by atoms with E-state index in [1.165, 1.54) is 0 Å². The van der Waals surface area contributed by atoms with Crippen LogP contribution in [0.4, 0.5) is 0 Å². The van der Waals surface area contributed by atoms with Crippen LogP contribution in [0.2, 0.25) is 0 Å². The molecule has 2 unspecified atom stereocenters. The number of hydrogen-bond donors (Lipinski definition) is 4. The lowest BCUT2D eigenvalue weighted by Gasteiger charge is -2.15. The van der Waals surface area contributed by atoms with Crippen molar-refractivity contribution in [3.8, 4) is 0 Å². The number of hydrogen-bond acceptors (Lipinski definition) is 4. The lowest BCUT2D eigenvalue weighted by Crippen LogP contribution is -2.44. The van der Waals surface area contributed by atoms with Gasteiger partial charge < -0.3 is 20.8 Å². The summed E-state index contributed by atoms with van der Waals surface area (Å²) in [7, 11) is 0. The molecule has 0 saturated heterocycles. The number of amides is 1. The molecule has 0 aromatic heterocycles. The smallest absolute Gasteiger partial charge is 0.326 e. The summed E-state index contributed by atoms with van der Waals surface area (Å²) in [5, 5.41) is 22.4. The van der Waals surface area contributed by atoms with Crippen molar-refractivity contribution in [2.45, 2.75) is 38.8 Å². The molecule has 0 aliphatic rings. The van der Waals surface area contributed by atoms with Gasteiger partial charge in [0.05, 0.1) is 6.42 Å². The summed E-state index contributed by atoms with van der Waals surface area (Å²) < 4.78 is 0. The predicted molar refractivity (Wildman–Crippen MR) is 59.6 cm³/mol. The second kappa shape index (κ2) is 7.61. The van der Waals surface area contributed by atoms with Gasteiger partial charge in [-0.05, 0) is 13.5 Å². The second-order valence-corrected chi connectivity index (χ2v) is 3.72. The first kappa shape index (κ1) is 15.4. The molecule has 0 fully saturated rings. The zero-order chi connectivity index (χ0) is 13.4. The Kier molecular flexibility index (Phi) is 6.88. The van der Waals surface area contributed by atoms with Crippen molar-refractivity contribution in [1.82, 2.24) is 10.6 Å². The van der Waals surface area contributed by atoms with Crippen molar-refractivity contribution in [3.05, 3.63) is 0 Å². The summed E-state index contributed by atoms with van der Waals surface area (Å²) in [5.41, 5.74) is 0. The second-order valence-electron chi connectivity index (χ2n) is 3.72. The van der Waals surface area contributed by atoms with E-state index in [4.69, 9.17) is 10.2 Å². The van der Waals surface area contributed by atoms with Gasteiger partial charge in [0.2, 0.25) is 5.91 Å². The highest BCUT2D eigenvalue weighted by Crippen LogP contribution is 1.96. The van der Waals surface area contributed by atoms with E-state index < -0.39 is 30.3 Å². The minimum absolute atomic E-state index is 0.0840. The quantitative estimate of drug-likeness (QED) is 0.455. The zero-order valence-electron chi connectivity index (χ0n) is 9.90. The molecule has 0 spiro atoms. The molecular weight excluding hydrogens is 228 g/mol. The van der Waals surface area contributed by atoms with Gasteiger partial charge in [0.25, 0.3) is 0 Å². The molecule has 17 heavy (non-hydrogen) atoms. The molecule has 98 valence electrons. The summed E-state index contributed by atoms with van der Waals surface area (Å²) in [4.78, 5) is 32.5. The summed E-state index contributed by atoms with van der Waals surface area (Å²) in [6.07, 6.45) is -0.520. The van der Waals surface area contributed by atoms with Crippen LogP contribution >= 0.6 is 0 Å². The van der Waals surface area contributed by atoms with Gasteiger partial charge in [0.1, 0.15) is 6.04 Å². The number of aliphatic carboxylic acids is 2. The van der Waals surface area contributed by atoms with Crippen molar-refractivity contribution in [2.24, 2.45) is 0 Å². The van der Waals surface area contributed by atoms with Crippen molar-refractivity contribution < 1.29 is 24.6 Å². The van der Waals surface area contributed by atoms with E-state index in [1.54, 1.807) is 6.92 Å². The minimum atomic E-state index is -1.38. The molecule has 1 amide bonds. The Hall–Kier alpha value is -1.63. The molecule has 2 atom stereocenters. The first-order chi connectivity index (χ1) is 7.86. The molecule has 0 bridgehead atoms. The number of carbonyl (C=O) groups excluding carboxylic acids is 1. The van der Waals surface area contributed by atoms with Gasteiger partial charge in [-0.3, -0.25) is 9.59 Å². The first-order valence-electron chi connectivity index (χ1n) is 5.34. The SMILES string of the molecule is CCNC(C)CC(=O)NC(CC(=O)O)C(=O)O. The molecule has 4 N–H and O–H groups in total. The third-order valence-corrected chi connectivity index (χ3v) is 2.06. The predicted octanol–water partition coefficient (Wildman–Crippen LogP) is -0.581. The fourth-order valence-electron chi connectivity index (χ4n) is 1.33. The zero-order valence-corrected chi connectivity index (χ0v) is 9.90. The van der Waals surface area contributed by atoms with Gasteiger partial charge in [-0.25, -0.2) is 4.79 Å². The van der Waals surface area contributed by atoms with Crippen molar-refractivity contribution in [2.75, 3.05) is 6.54 Å². The molecular formula is C10H18N2O5. The van der Waals surface area contributed by atoms with Crippen LogP contribution in [0.1, 0.15) is 26.7 Å². The fourth-order valence-corrected chi connectivity index (χ4v) is 1.33. The van der Waals surface area contributed by atoms with Gasteiger partial charge in [0.15, 0.2) is 0 Å². The van der Waals surface area contributed by atoms with Gasteiger partial charge in [-0.1, -0.05) is 6.92 Å². The number of carboxylic acids is 2. The lowest BCUT2D eigenvalue weighted by molar-refractivity contribution is -0.147. The van der Waals surface area contributed by atoms with Crippen molar-refractivity contribution in [3.63, 3.8) is 0 Å². The lowest BCUT2D eigenvalue weighted by atomic mass is 10.1. The number of nitrogens with one attached hydrogen (secondary N) is 2. The van der Waals surface area contributed by atoms with E-state index in [0.29, 0.717) is 6.54 Å². The van der Waals surface area contributed by atoms with Crippen molar-refractivity contribution >= 4 is 17.8 Å². The fraction of sp³-hybridized carbons (Fsp3) is 0.700. The van der Waals surface area contributed by atoms with E-state index in [2.05, 4.69) is 10.6 Å². The average molecular weight is 246 g/mol. The number of carboxylic acid groups (broad SMARTS) is 2. The number of carbonyl (C=O) groups is 3. The van der Waals surface area contributed by atoms with Crippen LogP contribution in [0.25, 0.3) is 0 Å². The Bertz CT molecular complexity index is 292. The Balaban J connectivity index is 4.21. The van der Waals surface area contributed by atoms with Crippen LogP contribution in [0, 0.1) is 0 Å². The maximum atomic E-state index is 11.4. The van der Waals surface area contributed by atoms with Crippen LogP contribution < -0.4 is 10.6 Å². The monoisotopic (exact) mass is 246 g/mol. The molecule has 0 aromatic rings. The van der Waals surface area contributed by atoms with Gasteiger partial charge >= 0.3 is 11.9 Å². The van der Waals surface area contributed by atoms with Crippen LogP contribution in [0.5, 0.6) is 0 Å². The highest BCUT2D eigenvalue weighted by atomic mass is 16.4. The Labute approximate surface area is 99.2 Å². The van der Waals surface area contributed by atoms with E-state index >= 15 is 0 Å². The third-order valence-electron chi connectivity index (χ3n) is 2.06. The molecule has 0 heterocycles. The molecule has 7 nitrogen and oxygen atoms in total. The summed E-state index contributed by atoms with van der Waals surface area (Å²) in [5.74, 6) is -3.10. The van der Waals surface area contributed by atoms with Crippen molar-refractivity contribution in [1.29, 1.82) is 0 Å². The van der Waals surface area contributed by atoms with E-state index in [1.807, 2.05) is 6.92 Å². The summed E-state index contributed by atoms with van der Waals surface area (Å²) in [6.45, 7) is 4.38. The highest BCUT2D eigenvalue weighted by molar-refractivity contribution is 5.86. The standard InChI is InChI=1S/C10H18N2O5/c1-3-11-6(2)4-8(13)12-7(10(16)17)5-9(14)15/h6-7,11H,3-5H2,1-2H3,(H,12,13)(H,14,15)(H,16,17). The van der Waals surface area contributed by atoms with Crippen LogP contribution in [-0.4, -0.2) is 46.7 Å². The van der Waals surface area contributed by atoms with Gasteiger partial charge in [0, 0.05) is 12.5 Å². The van der Waals surface area contributed by atoms with Crippen LogP contribution in [0.15, 0.2) is 0 Å². The van der Waals surface area contributed by atoms with E-state index in [-0.39, 0.29) is 12.5 Å². The Morgan fingerprint density at radius 2 is 1.76 bits per heavy atom. The van der Waals surface area contributed by atoms with Crippen LogP contribution in [0.3, 0.4) is 0 Å². The molecule has 0 radical (unpaired) electrons. The highest BCUT2D eigenvalue weighted by Gasteiger charge is 2.23. The molecule has 7 heteroatoms. The normalized spacial score (nSPS) is 13.8. The Morgan fingerprint density at radius 3 is 2.18 bits per heavy atom. The van der Waals surface area contributed by atoms with E-state index in [9.17, 15) is 14.4 Å². The summed E-state index contributed by atoms with van der Waals surface area (Å²) in [6, 6.07) is -1.46. The topological polar surface area (TPSA) is 116 Å². The molecule has 0 rings (SSSR count). The average Bonchev–Trinajstić information content (AvgIpc) is 2.15. The minimum Gasteiger partial charge on any atom is -0.481 e. The van der Waals surface area contributed by atoms with Crippen LogP contribution in [-0.2, 0) is 14.4 Å². The van der Waals surface area contributed by atoms with E-state index in [0.717, 1.165) is 0 Å².